The van der Waals surface area contributed by atoms with Crippen molar-refractivity contribution in [3.63, 3.8) is 0 Å². The van der Waals surface area contributed by atoms with Crippen LogP contribution in [0.1, 0.15) is 91.1 Å². The van der Waals surface area contributed by atoms with Gasteiger partial charge >= 0.3 is 0 Å². The molecule has 174 valence electrons. The van der Waals surface area contributed by atoms with Crippen LogP contribution in [0.4, 0.5) is 0 Å². The molecule has 3 aromatic rings. The number of hydrogen-bond donors (Lipinski definition) is 0. The summed E-state index contributed by atoms with van der Waals surface area (Å²) >= 11 is 0. The van der Waals surface area contributed by atoms with E-state index in [1.165, 1.54) is 0 Å². The number of ketones is 2. The SMILES string of the molecule is CCCc1cc(CC2CCC2C(=O)c2ccc3cc4n(c3c2)CCCCC(CC)C4=O)on1. The Labute approximate surface area is 195 Å². The summed E-state index contributed by atoms with van der Waals surface area (Å²) in [5.41, 5.74) is 3.61. The summed E-state index contributed by atoms with van der Waals surface area (Å²) in [7, 11) is 0. The Hall–Kier alpha value is -2.69. The minimum atomic E-state index is 0.0371. The number of aromatic nitrogens is 2. The van der Waals surface area contributed by atoms with Gasteiger partial charge in [0.25, 0.3) is 0 Å². The number of nitrogens with zero attached hydrogens (tertiary/aromatic N) is 2. The quantitative estimate of drug-likeness (QED) is 0.393. The molecule has 33 heavy (non-hydrogen) atoms. The van der Waals surface area contributed by atoms with Gasteiger partial charge in [-0.05, 0) is 56.6 Å². The summed E-state index contributed by atoms with van der Waals surface area (Å²) in [4.78, 5) is 26.6. The van der Waals surface area contributed by atoms with Crippen LogP contribution in [0, 0.1) is 17.8 Å². The number of Topliss-reactive ketones (excluding diaryl/α,β-unsaturated/α-hetero) is 2. The van der Waals surface area contributed by atoms with Crippen molar-refractivity contribution in [2.75, 3.05) is 0 Å². The molecule has 1 saturated carbocycles. The van der Waals surface area contributed by atoms with Gasteiger partial charge in [-0.15, -0.1) is 0 Å². The summed E-state index contributed by atoms with van der Waals surface area (Å²) in [6, 6.07) is 10.1. The van der Waals surface area contributed by atoms with Crippen molar-refractivity contribution in [3.8, 4) is 0 Å². The maximum atomic E-state index is 13.4. The molecule has 1 aliphatic carbocycles. The molecule has 1 fully saturated rings. The van der Waals surface area contributed by atoms with Crippen LogP contribution >= 0.6 is 0 Å². The minimum Gasteiger partial charge on any atom is -0.361 e. The number of benzene rings is 1. The van der Waals surface area contributed by atoms with E-state index in [2.05, 4.69) is 29.6 Å². The van der Waals surface area contributed by atoms with Crippen LogP contribution in [0.5, 0.6) is 0 Å². The second-order valence-electron chi connectivity index (χ2n) is 9.97. The van der Waals surface area contributed by atoms with Crippen LogP contribution in [0.3, 0.4) is 0 Å². The Balaban J connectivity index is 1.37. The number of carbonyl (C=O) groups excluding carboxylic acids is 2. The normalized spacial score (nSPS) is 23.1. The third kappa shape index (κ3) is 4.18. The van der Waals surface area contributed by atoms with Gasteiger partial charge in [-0.25, -0.2) is 0 Å². The average molecular weight is 447 g/mol. The van der Waals surface area contributed by atoms with Gasteiger partial charge in [-0.1, -0.05) is 44.0 Å². The Morgan fingerprint density at radius 3 is 2.76 bits per heavy atom. The van der Waals surface area contributed by atoms with Gasteiger partial charge in [0.2, 0.25) is 0 Å². The summed E-state index contributed by atoms with van der Waals surface area (Å²) in [5, 5.41) is 5.21. The molecule has 0 N–H and O–H groups in total. The van der Waals surface area contributed by atoms with E-state index in [-0.39, 0.29) is 23.4 Å². The largest absolute Gasteiger partial charge is 0.361 e. The molecule has 5 heteroatoms. The van der Waals surface area contributed by atoms with Gasteiger partial charge in [0.15, 0.2) is 11.6 Å². The molecule has 5 rings (SSSR count). The van der Waals surface area contributed by atoms with Crippen molar-refractivity contribution in [1.29, 1.82) is 0 Å². The van der Waals surface area contributed by atoms with E-state index < -0.39 is 0 Å². The molecule has 2 aromatic heterocycles. The molecule has 0 saturated heterocycles. The fourth-order valence-electron chi connectivity index (χ4n) is 5.70. The van der Waals surface area contributed by atoms with Gasteiger partial charge < -0.3 is 9.09 Å². The Morgan fingerprint density at radius 1 is 1.12 bits per heavy atom. The Morgan fingerprint density at radius 2 is 2.00 bits per heavy atom. The van der Waals surface area contributed by atoms with Crippen LogP contribution in [0.15, 0.2) is 34.9 Å². The second kappa shape index (κ2) is 9.28. The number of carbonyl (C=O) groups is 2. The van der Waals surface area contributed by atoms with Gasteiger partial charge in [-0.2, -0.15) is 0 Å². The maximum Gasteiger partial charge on any atom is 0.182 e. The lowest BCUT2D eigenvalue weighted by atomic mass is 9.68. The highest BCUT2D eigenvalue weighted by atomic mass is 16.5. The van der Waals surface area contributed by atoms with Crippen molar-refractivity contribution in [2.45, 2.75) is 78.2 Å². The van der Waals surface area contributed by atoms with E-state index in [1.54, 1.807) is 0 Å². The second-order valence-corrected chi connectivity index (χ2v) is 9.97. The molecule has 5 nitrogen and oxygen atoms in total. The van der Waals surface area contributed by atoms with Gasteiger partial charge in [0, 0.05) is 47.3 Å². The topological polar surface area (TPSA) is 65.1 Å². The molecule has 1 aromatic carbocycles. The predicted octanol–water partition coefficient (Wildman–Crippen LogP) is 6.43. The smallest absolute Gasteiger partial charge is 0.182 e. The maximum absolute atomic E-state index is 13.4. The molecule has 0 spiro atoms. The van der Waals surface area contributed by atoms with E-state index in [4.69, 9.17) is 4.52 Å². The summed E-state index contributed by atoms with van der Waals surface area (Å²) in [6.07, 6.45) is 8.76. The first-order valence-electron chi connectivity index (χ1n) is 12.7. The average Bonchev–Trinajstić information content (AvgIpc) is 3.39. The minimum absolute atomic E-state index is 0.0371. The van der Waals surface area contributed by atoms with Crippen LogP contribution in [-0.4, -0.2) is 21.3 Å². The highest BCUT2D eigenvalue weighted by Crippen LogP contribution is 2.40. The van der Waals surface area contributed by atoms with Gasteiger partial charge in [-0.3, -0.25) is 9.59 Å². The number of aryl methyl sites for hydroxylation is 2. The van der Waals surface area contributed by atoms with Crippen molar-refractivity contribution >= 4 is 22.5 Å². The highest BCUT2D eigenvalue weighted by molar-refractivity contribution is 6.04. The van der Waals surface area contributed by atoms with Gasteiger partial charge in [0.1, 0.15) is 5.76 Å². The van der Waals surface area contributed by atoms with E-state index in [0.29, 0.717) is 5.92 Å². The lowest BCUT2D eigenvalue weighted by Gasteiger charge is -2.35. The molecule has 0 amide bonds. The first-order chi connectivity index (χ1) is 16.1. The zero-order valence-corrected chi connectivity index (χ0v) is 19.8. The molecule has 2 aliphatic rings. The predicted molar refractivity (Wildman–Crippen MR) is 129 cm³/mol. The zero-order valence-electron chi connectivity index (χ0n) is 19.8. The molecular formula is C28H34N2O3. The molecular weight excluding hydrogens is 412 g/mol. The lowest BCUT2D eigenvalue weighted by molar-refractivity contribution is 0.0728. The molecule has 0 bridgehead atoms. The van der Waals surface area contributed by atoms with Crippen molar-refractivity contribution in [2.24, 2.45) is 17.8 Å². The fourth-order valence-corrected chi connectivity index (χ4v) is 5.70. The lowest BCUT2D eigenvalue weighted by Crippen LogP contribution is -2.34. The van der Waals surface area contributed by atoms with Crippen LogP contribution in [-0.2, 0) is 19.4 Å². The molecule has 3 unspecified atom stereocenters. The third-order valence-electron chi connectivity index (χ3n) is 7.82. The molecule has 3 heterocycles. The van der Waals surface area contributed by atoms with Crippen LogP contribution < -0.4 is 0 Å². The molecule has 1 aliphatic heterocycles. The Kier molecular flexibility index (Phi) is 6.22. The number of rotatable bonds is 7. The highest BCUT2D eigenvalue weighted by Gasteiger charge is 2.37. The van der Waals surface area contributed by atoms with E-state index in [0.717, 1.165) is 97.9 Å². The standard InChI is InChI=1S/C28H34N2O3/c1-3-7-22-17-23(33-29-22)14-19-11-12-24(19)27(31)21-10-9-20-15-26-28(32)18(4-2)8-5-6-13-30(26)25(20)16-21/h9-10,15-19,24H,3-8,11-14H2,1-2H3. The van der Waals surface area contributed by atoms with Crippen LogP contribution in [0.2, 0.25) is 0 Å². The van der Waals surface area contributed by atoms with Crippen LogP contribution in [0.25, 0.3) is 10.9 Å². The first-order valence-corrected chi connectivity index (χ1v) is 12.7. The summed E-state index contributed by atoms with van der Waals surface area (Å²) < 4.78 is 7.69. The van der Waals surface area contributed by atoms with Crippen molar-refractivity contribution in [3.05, 3.63) is 53.0 Å². The monoisotopic (exact) mass is 446 g/mol. The van der Waals surface area contributed by atoms with E-state index >= 15 is 0 Å². The van der Waals surface area contributed by atoms with Gasteiger partial charge in [0.05, 0.1) is 11.4 Å². The summed E-state index contributed by atoms with van der Waals surface area (Å²) in [5.74, 6) is 1.84. The number of hydrogen-bond acceptors (Lipinski definition) is 4. The van der Waals surface area contributed by atoms with E-state index in [1.807, 2.05) is 24.3 Å². The first kappa shape index (κ1) is 22.1. The zero-order chi connectivity index (χ0) is 22.9. The summed E-state index contributed by atoms with van der Waals surface area (Å²) in [6.45, 7) is 5.08. The molecule has 3 atom stereocenters. The fraction of sp³-hybridized carbons (Fsp3) is 0.536. The Bertz CT molecular complexity index is 1170. The van der Waals surface area contributed by atoms with E-state index in [9.17, 15) is 9.59 Å². The van der Waals surface area contributed by atoms with Crippen molar-refractivity contribution < 1.29 is 14.1 Å². The molecule has 0 radical (unpaired) electrons. The number of fused-ring (bicyclic) bond motifs is 3. The third-order valence-corrected chi connectivity index (χ3v) is 7.82. The van der Waals surface area contributed by atoms with Crippen molar-refractivity contribution in [1.82, 2.24) is 9.72 Å².